The van der Waals surface area contributed by atoms with Gasteiger partial charge in [-0.1, -0.05) is 29.8 Å². The highest BCUT2D eigenvalue weighted by molar-refractivity contribution is 5.64. The molecule has 2 aromatic carbocycles. The largest absolute Gasteiger partial charge is 0.514 e. The molecular weight excluding hydrogens is 290 g/mol. The second-order valence-corrected chi connectivity index (χ2v) is 4.38. The summed E-state index contributed by atoms with van der Waals surface area (Å²) in [5, 5.41) is 10.5. The topological polar surface area (TPSA) is 110 Å². The quantitative estimate of drug-likeness (QED) is 0.373. The summed E-state index contributed by atoms with van der Waals surface area (Å²) in [6.45, 7) is 2.07. The highest BCUT2D eigenvalue weighted by atomic mass is 16.7. The van der Waals surface area contributed by atoms with Crippen molar-refractivity contribution in [1.82, 2.24) is 0 Å². The number of nitrogens with zero attached hydrogens (tertiary/aromatic N) is 1. The molecule has 0 aliphatic rings. The molecule has 2 N–H and O–H groups in total. The first-order chi connectivity index (χ1) is 10.0. The van der Waals surface area contributed by atoms with Crippen molar-refractivity contribution in [2.45, 2.75) is 13.5 Å². The molecule has 0 bridgehead atoms. The van der Waals surface area contributed by atoms with Crippen molar-refractivity contribution >= 4 is 11.8 Å². The maximum atomic E-state index is 11.5. The molecule has 0 aromatic heterocycles. The fourth-order valence-corrected chi connectivity index (χ4v) is 1.59. The molecule has 0 radical (unpaired) electrons. The summed E-state index contributed by atoms with van der Waals surface area (Å²) in [5.74, 6) is 0.189. The molecule has 0 fully saturated rings. The Bertz CT molecular complexity index is 636. The summed E-state index contributed by atoms with van der Waals surface area (Å²) < 4.78 is 9.87. The van der Waals surface area contributed by atoms with Crippen LogP contribution in [0.3, 0.4) is 0 Å². The van der Waals surface area contributed by atoms with Crippen molar-refractivity contribution in [3.8, 4) is 5.75 Å². The third kappa shape index (κ3) is 4.88. The van der Waals surface area contributed by atoms with Gasteiger partial charge in [0.1, 0.15) is 12.4 Å². The number of carbonyl (C=O) groups excluding carboxylic acids is 1. The van der Waals surface area contributed by atoms with E-state index in [1.54, 1.807) is 0 Å². The van der Waals surface area contributed by atoms with E-state index < -0.39 is 11.1 Å². The Hall–Kier alpha value is -2.93. The molecule has 0 spiro atoms. The zero-order valence-electron chi connectivity index (χ0n) is 11.8. The van der Waals surface area contributed by atoms with Gasteiger partial charge in [0.25, 0.3) is 5.69 Å². The molecule has 0 saturated heterocycles. The molecule has 0 unspecified atom stereocenters. The van der Waals surface area contributed by atoms with E-state index in [-0.39, 0.29) is 23.5 Å². The van der Waals surface area contributed by atoms with Crippen LogP contribution in [0, 0.1) is 17.0 Å². The van der Waals surface area contributed by atoms with E-state index in [4.69, 9.17) is 9.47 Å². The average Bonchev–Trinajstić information content (AvgIpc) is 2.47. The molecule has 0 heterocycles. The molecule has 116 valence electrons. The molecule has 0 atom stereocenters. The predicted molar refractivity (Wildman–Crippen MR) is 78.7 cm³/mol. The van der Waals surface area contributed by atoms with Crippen LogP contribution in [0.5, 0.6) is 5.75 Å². The zero-order chi connectivity index (χ0) is 15.2. The van der Waals surface area contributed by atoms with Gasteiger partial charge in [0.2, 0.25) is 0 Å². The average molecular weight is 305 g/mol. The minimum atomic E-state index is -0.857. The van der Waals surface area contributed by atoms with E-state index in [0.29, 0.717) is 0 Å². The normalized spacial score (nSPS) is 9.50. The van der Waals surface area contributed by atoms with Gasteiger partial charge in [-0.15, -0.1) is 0 Å². The van der Waals surface area contributed by atoms with Crippen LogP contribution in [0.1, 0.15) is 11.1 Å². The van der Waals surface area contributed by atoms with E-state index in [2.05, 4.69) is 0 Å². The minimum Gasteiger partial charge on any atom is -0.429 e. The maximum absolute atomic E-state index is 11.5. The first kappa shape index (κ1) is 17.1. The standard InChI is InChI=1S/C15H13NO5.H2O/c1-11-2-4-12(5-3-11)10-20-15(17)21-14-8-6-13(7-9-14)16(18)19;/h2-9H,10H2,1H3;1H2. The predicted octanol–water partition coefficient (Wildman–Crippen LogP) is 2.79. The number of hydrogen-bond acceptors (Lipinski definition) is 5. The second-order valence-electron chi connectivity index (χ2n) is 4.38. The molecule has 0 aliphatic heterocycles. The molecule has 7 nitrogen and oxygen atoms in total. The van der Waals surface area contributed by atoms with Gasteiger partial charge >= 0.3 is 6.16 Å². The van der Waals surface area contributed by atoms with Gasteiger partial charge in [-0.2, -0.15) is 0 Å². The van der Waals surface area contributed by atoms with Gasteiger partial charge in [0.05, 0.1) is 4.92 Å². The smallest absolute Gasteiger partial charge is 0.429 e. The molecule has 2 rings (SSSR count). The zero-order valence-corrected chi connectivity index (χ0v) is 11.8. The van der Waals surface area contributed by atoms with E-state index in [9.17, 15) is 14.9 Å². The van der Waals surface area contributed by atoms with Crippen LogP contribution in [0.4, 0.5) is 10.5 Å². The van der Waals surface area contributed by atoms with Crippen LogP contribution in [-0.4, -0.2) is 16.6 Å². The number of nitro benzene ring substituents is 1. The first-order valence-corrected chi connectivity index (χ1v) is 6.19. The van der Waals surface area contributed by atoms with E-state index in [0.717, 1.165) is 11.1 Å². The fraction of sp³-hybridized carbons (Fsp3) is 0.133. The molecule has 0 saturated carbocycles. The lowest BCUT2D eigenvalue weighted by atomic mass is 10.2. The van der Waals surface area contributed by atoms with Crippen molar-refractivity contribution in [3.05, 3.63) is 69.8 Å². The molecule has 22 heavy (non-hydrogen) atoms. The van der Waals surface area contributed by atoms with Crippen molar-refractivity contribution in [2.75, 3.05) is 0 Å². The number of rotatable bonds is 4. The van der Waals surface area contributed by atoms with Gasteiger partial charge in [-0.25, -0.2) is 4.79 Å². The Balaban J connectivity index is 0.00000242. The Kier molecular flexibility index (Phi) is 6.03. The number of benzene rings is 2. The summed E-state index contributed by atoms with van der Waals surface area (Å²) in [7, 11) is 0. The summed E-state index contributed by atoms with van der Waals surface area (Å²) in [4.78, 5) is 21.5. The van der Waals surface area contributed by atoms with Gasteiger partial charge in [-0.05, 0) is 24.6 Å². The van der Waals surface area contributed by atoms with Crippen LogP contribution in [0.2, 0.25) is 0 Å². The highest BCUT2D eigenvalue weighted by Crippen LogP contribution is 2.17. The summed E-state index contributed by atoms with van der Waals surface area (Å²) in [6.07, 6.45) is -0.857. The van der Waals surface area contributed by atoms with Crippen LogP contribution < -0.4 is 4.74 Å². The van der Waals surface area contributed by atoms with Crippen molar-refractivity contribution in [3.63, 3.8) is 0 Å². The number of non-ortho nitro benzene ring substituents is 1. The number of ether oxygens (including phenoxy) is 2. The molecule has 7 heteroatoms. The number of aryl methyl sites for hydroxylation is 1. The summed E-state index contributed by atoms with van der Waals surface area (Å²) >= 11 is 0. The minimum absolute atomic E-state index is 0. The van der Waals surface area contributed by atoms with Gasteiger partial charge in [0, 0.05) is 12.1 Å². The lowest BCUT2D eigenvalue weighted by Gasteiger charge is -2.06. The number of hydrogen-bond donors (Lipinski definition) is 0. The van der Waals surface area contributed by atoms with Crippen molar-refractivity contribution < 1.29 is 24.7 Å². The van der Waals surface area contributed by atoms with Gasteiger partial charge in [0.15, 0.2) is 0 Å². The van der Waals surface area contributed by atoms with Crippen molar-refractivity contribution in [1.29, 1.82) is 0 Å². The Labute approximate surface area is 126 Å². The first-order valence-electron chi connectivity index (χ1n) is 6.19. The summed E-state index contributed by atoms with van der Waals surface area (Å²) in [6, 6.07) is 12.7. The number of carbonyl (C=O) groups is 1. The van der Waals surface area contributed by atoms with Gasteiger partial charge < -0.3 is 14.9 Å². The maximum Gasteiger partial charge on any atom is 0.514 e. The van der Waals surface area contributed by atoms with Crippen LogP contribution in [0.25, 0.3) is 0 Å². The van der Waals surface area contributed by atoms with E-state index in [1.807, 2.05) is 31.2 Å². The van der Waals surface area contributed by atoms with Crippen molar-refractivity contribution in [2.24, 2.45) is 0 Å². The lowest BCUT2D eigenvalue weighted by molar-refractivity contribution is -0.384. The highest BCUT2D eigenvalue weighted by Gasteiger charge is 2.09. The lowest BCUT2D eigenvalue weighted by Crippen LogP contribution is -2.10. The fourth-order valence-electron chi connectivity index (χ4n) is 1.59. The molecular formula is C15H15NO6. The van der Waals surface area contributed by atoms with Gasteiger partial charge in [-0.3, -0.25) is 10.1 Å². The van der Waals surface area contributed by atoms with E-state index >= 15 is 0 Å². The molecule has 2 aromatic rings. The Morgan fingerprint density at radius 2 is 1.68 bits per heavy atom. The molecule has 0 amide bonds. The number of nitro groups is 1. The third-order valence-electron chi connectivity index (χ3n) is 2.73. The van der Waals surface area contributed by atoms with E-state index in [1.165, 1.54) is 24.3 Å². The van der Waals surface area contributed by atoms with Crippen LogP contribution >= 0.6 is 0 Å². The third-order valence-corrected chi connectivity index (χ3v) is 2.73. The SMILES string of the molecule is Cc1ccc(COC(=O)Oc2ccc([N+](=O)[O-])cc2)cc1.O. The Morgan fingerprint density at radius 3 is 2.23 bits per heavy atom. The second kappa shape index (κ2) is 7.75. The van der Waals surface area contributed by atoms with Crippen LogP contribution in [-0.2, 0) is 11.3 Å². The Morgan fingerprint density at radius 1 is 1.09 bits per heavy atom. The van der Waals surface area contributed by atoms with Crippen LogP contribution in [0.15, 0.2) is 48.5 Å². The molecule has 0 aliphatic carbocycles. The monoisotopic (exact) mass is 305 g/mol. The summed E-state index contributed by atoms with van der Waals surface area (Å²) in [5.41, 5.74) is 1.89.